The van der Waals surface area contributed by atoms with E-state index in [0.29, 0.717) is 45.3 Å². The Kier molecular flexibility index (Phi) is 13.2. The van der Waals surface area contributed by atoms with Gasteiger partial charge in [0.25, 0.3) is 0 Å². The van der Waals surface area contributed by atoms with E-state index < -0.39 is 12.1 Å². The van der Waals surface area contributed by atoms with Crippen molar-refractivity contribution >= 4 is 23.7 Å². The predicted octanol–water partition coefficient (Wildman–Crippen LogP) is -0.0894. The number of aliphatic imine (C=N–C) groups is 1. The summed E-state index contributed by atoms with van der Waals surface area (Å²) in [5.41, 5.74) is 18.0. The van der Waals surface area contributed by atoms with Crippen molar-refractivity contribution in [2.24, 2.45) is 22.2 Å². The standard InChI is InChI=1S/C23H40N8O3/c1-4-27-21(33)19(8-7-13-28-23(25)26)30-22(34)20(9-5-6-12-24)31(17(3)32)15-18-11-10-16(2)29-14-18/h10-11,14,19-20H,4-9,12-13,15,24H2,1-3H3,(H,27,33)(H,30,34)(H4,25,26,28)/t19-,20-/m0/s1. The average molecular weight is 477 g/mol. The third-order valence-electron chi connectivity index (χ3n) is 5.27. The normalized spacial score (nSPS) is 12.4. The first-order valence-electron chi connectivity index (χ1n) is 11.7. The molecule has 0 aliphatic heterocycles. The van der Waals surface area contributed by atoms with Gasteiger partial charge in [0.1, 0.15) is 12.1 Å². The van der Waals surface area contributed by atoms with Gasteiger partial charge >= 0.3 is 0 Å². The van der Waals surface area contributed by atoms with Crippen molar-refractivity contribution in [2.45, 2.75) is 71.5 Å². The van der Waals surface area contributed by atoms with E-state index >= 15 is 0 Å². The monoisotopic (exact) mass is 476 g/mol. The quantitative estimate of drug-likeness (QED) is 0.133. The number of nitrogens with zero attached hydrogens (tertiary/aromatic N) is 3. The summed E-state index contributed by atoms with van der Waals surface area (Å²) in [6, 6.07) is 2.22. The van der Waals surface area contributed by atoms with E-state index in [2.05, 4.69) is 20.6 Å². The summed E-state index contributed by atoms with van der Waals surface area (Å²) in [6.07, 6.45) is 4.37. The summed E-state index contributed by atoms with van der Waals surface area (Å²) in [5.74, 6) is -0.944. The second-order valence-electron chi connectivity index (χ2n) is 8.16. The topological polar surface area (TPSA) is 182 Å². The second kappa shape index (κ2) is 15.6. The first-order valence-corrected chi connectivity index (χ1v) is 11.7. The molecule has 8 N–H and O–H groups in total. The van der Waals surface area contributed by atoms with Crippen molar-refractivity contribution in [1.82, 2.24) is 20.5 Å². The molecule has 2 atom stereocenters. The molecule has 0 aliphatic rings. The number of amides is 3. The van der Waals surface area contributed by atoms with E-state index in [9.17, 15) is 14.4 Å². The summed E-state index contributed by atoms with van der Waals surface area (Å²) >= 11 is 0. The first-order chi connectivity index (χ1) is 16.2. The number of aromatic nitrogens is 1. The molecular weight excluding hydrogens is 436 g/mol. The Morgan fingerprint density at radius 3 is 2.41 bits per heavy atom. The molecule has 34 heavy (non-hydrogen) atoms. The Morgan fingerprint density at radius 2 is 1.85 bits per heavy atom. The first kappa shape index (κ1) is 28.8. The van der Waals surface area contributed by atoms with Gasteiger partial charge < -0.3 is 32.7 Å². The van der Waals surface area contributed by atoms with Gasteiger partial charge in [-0.1, -0.05) is 6.07 Å². The third-order valence-corrected chi connectivity index (χ3v) is 5.27. The number of hydrogen-bond donors (Lipinski definition) is 5. The Balaban J connectivity index is 3.07. The third kappa shape index (κ3) is 10.6. The minimum absolute atomic E-state index is 0.0266. The number of unbranched alkanes of at least 4 members (excludes halogenated alkanes) is 1. The maximum absolute atomic E-state index is 13.4. The number of hydrogen-bond acceptors (Lipinski definition) is 6. The molecule has 190 valence electrons. The minimum Gasteiger partial charge on any atom is -0.370 e. The van der Waals surface area contributed by atoms with Crippen LogP contribution >= 0.6 is 0 Å². The van der Waals surface area contributed by atoms with Crippen molar-refractivity contribution in [3.63, 3.8) is 0 Å². The molecule has 3 amide bonds. The van der Waals surface area contributed by atoms with Crippen molar-refractivity contribution < 1.29 is 14.4 Å². The molecule has 0 aliphatic carbocycles. The van der Waals surface area contributed by atoms with E-state index in [-0.39, 0.29) is 30.2 Å². The largest absolute Gasteiger partial charge is 0.370 e. The molecule has 0 radical (unpaired) electrons. The van der Waals surface area contributed by atoms with Gasteiger partial charge in [0, 0.05) is 38.4 Å². The summed E-state index contributed by atoms with van der Waals surface area (Å²) in [4.78, 5) is 48.3. The van der Waals surface area contributed by atoms with Crippen LogP contribution in [0.3, 0.4) is 0 Å². The molecule has 1 rings (SSSR count). The molecule has 0 aromatic carbocycles. The Hall–Kier alpha value is -3.21. The van der Waals surface area contributed by atoms with E-state index in [1.165, 1.54) is 11.8 Å². The Bertz CT molecular complexity index is 809. The molecule has 0 spiro atoms. The van der Waals surface area contributed by atoms with Crippen molar-refractivity contribution in [3.05, 3.63) is 29.6 Å². The van der Waals surface area contributed by atoms with E-state index in [4.69, 9.17) is 17.2 Å². The van der Waals surface area contributed by atoms with Gasteiger partial charge in [-0.3, -0.25) is 24.4 Å². The molecule has 0 saturated heterocycles. The number of nitrogens with two attached hydrogens (primary N) is 3. The van der Waals surface area contributed by atoms with Crippen LogP contribution in [0.2, 0.25) is 0 Å². The lowest BCUT2D eigenvalue weighted by atomic mass is 10.0. The molecule has 1 aromatic rings. The molecule has 11 heteroatoms. The summed E-state index contributed by atoms with van der Waals surface area (Å²) in [6.45, 7) is 6.61. The van der Waals surface area contributed by atoms with Gasteiger partial charge in [-0.25, -0.2) is 0 Å². The lowest BCUT2D eigenvalue weighted by Crippen LogP contribution is -2.54. The zero-order chi connectivity index (χ0) is 25.5. The van der Waals surface area contributed by atoms with Crippen LogP contribution in [0.15, 0.2) is 23.3 Å². The summed E-state index contributed by atoms with van der Waals surface area (Å²) < 4.78 is 0. The highest BCUT2D eigenvalue weighted by atomic mass is 16.2. The number of carbonyl (C=O) groups is 3. The van der Waals surface area contributed by atoms with Gasteiger partial charge in [-0.2, -0.15) is 0 Å². The van der Waals surface area contributed by atoms with Crippen LogP contribution in [0.25, 0.3) is 0 Å². The maximum atomic E-state index is 13.4. The molecule has 1 aromatic heterocycles. The van der Waals surface area contributed by atoms with Crippen molar-refractivity contribution in [2.75, 3.05) is 19.6 Å². The Morgan fingerprint density at radius 1 is 1.12 bits per heavy atom. The number of guanidine groups is 1. The number of rotatable bonds is 15. The van der Waals surface area contributed by atoms with Crippen LogP contribution in [0.1, 0.15) is 57.2 Å². The molecule has 0 saturated carbocycles. The summed E-state index contributed by atoms with van der Waals surface area (Å²) in [5, 5.41) is 5.59. The molecule has 0 unspecified atom stereocenters. The van der Waals surface area contributed by atoms with Gasteiger partial charge in [0.15, 0.2) is 5.96 Å². The zero-order valence-corrected chi connectivity index (χ0v) is 20.5. The van der Waals surface area contributed by atoms with Crippen LogP contribution in [0.4, 0.5) is 0 Å². The van der Waals surface area contributed by atoms with Crippen molar-refractivity contribution in [1.29, 1.82) is 0 Å². The van der Waals surface area contributed by atoms with Gasteiger partial charge in [0.2, 0.25) is 17.7 Å². The highest BCUT2D eigenvalue weighted by molar-refractivity contribution is 5.91. The van der Waals surface area contributed by atoms with Crippen molar-refractivity contribution in [3.8, 4) is 0 Å². The zero-order valence-electron chi connectivity index (χ0n) is 20.5. The molecule has 0 fully saturated rings. The number of nitrogens with one attached hydrogen (secondary N) is 2. The molecular formula is C23H40N8O3. The second-order valence-corrected chi connectivity index (χ2v) is 8.16. The van der Waals surface area contributed by atoms with Crippen LogP contribution in [0.5, 0.6) is 0 Å². The van der Waals surface area contributed by atoms with Gasteiger partial charge in [-0.15, -0.1) is 0 Å². The van der Waals surface area contributed by atoms with E-state index in [1.54, 1.807) is 13.1 Å². The van der Waals surface area contributed by atoms with E-state index in [1.807, 2.05) is 19.1 Å². The SMILES string of the molecule is CCNC(=O)[C@H](CCCN=C(N)N)NC(=O)[C@H](CCCCN)N(Cc1ccc(C)nc1)C(C)=O. The Labute approximate surface area is 201 Å². The number of aryl methyl sites for hydroxylation is 1. The number of carbonyl (C=O) groups excluding carboxylic acids is 3. The van der Waals surface area contributed by atoms with Crippen LogP contribution < -0.4 is 27.8 Å². The number of pyridine rings is 1. The summed E-state index contributed by atoms with van der Waals surface area (Å²) in [7, 11) is 0. The van der Waals surface area contributed by atoms with Crippen LogP contribution in [-0.4, -0.2) is 65.3 Å². The van der Waals surface area contributed by atoms with E-state index in [0.717, 1.165) is 17.7 Å². The predicted molar refractivity (Wildman–Crippen MR) is 132 cm³/mol. The highest BCUT2D eigenvalue weighted by Gasteiger charge is 2.31. The highest BCUT2D eigenvalue weighted by Crippen LogP contribution is 2.15. The molecule has 0 bridgehead atoms. The lowest BCUT2D eigenvalue weighted by Gasteiger charge is -2.31. The van der Waals surface area contributed by atoms with Gasteiger partial charge in [-0.05, 0) is 64.1 Å². The van der Waals surface area contributed by atoms with Crippen LogP contribution in [-0.2, 0) is 20.9 Å². The maximum Gasteiger partial charge on any atom is 0.243 e. The smallest absolute Gasteiger partial charge is 0.243 e. The average Bonchev–Trinajstić information content (AvgIpc) is 2.78. The molecule has 11 nitrogen and oxygen atoms in total. The minimum atomic E-state index is -0.770. The fraction of sp³-hybridized carbons (Fsp3) is 0.609. The number of likely N-dealkylation sites (N-methyl/N-ethyl adjacent to an activating group) is 1. The van der Waals surface area contributed by atoms with Crippen LogP contribution in [0, 0.1) is 6.92 Å². The fourth-order valence-corrected chi connectivity index (χ4v) is 3.48. The fourth-order valence-electron chi connectivity index (χ4n) is 3.48. The lowest BCUT2D eigenvalue weighted by molar-refractivity contribution is -0.141. The molecule has 1 heterocycles. The van der Waals surface area contributed by atoms with Gasteiger partial charge in [0.05, 0.1) is 0 Å².